The fourth-order valence-electron chi connectivity index (χ4n) is 2.86. The highest BCUT2D eigenvalue weighted by Crippen LogP contribution is 2.32. The minimum atomic E-state index is -0.432. The van der Waals surface area contributed by atoms with Crippen LogP contribution in [0.3, 0.4) is 0 Å². The van der Waals surface area contributed by atoms with Crippen molar-refractivity contribution in [2.75, 3.05) is 10.6 Å². The highest BCUT2D eigenvalue weighted by Gasteiger charge is 2.37. The minimum absolute atomic E-state index is 0.0213. The molecule has 1 saturated carbocycles. The van der Waals surface area contributed by atoms with Crippen LogP contribution in [0.5, 0.6) is 0 Å². The van der Waals surface area contributed by atoms with Gasteiger partial charge in [-0.25, -0.2) is 0 Å². The molecular formula is C16H23N3O2. The summed E-state index contributed by atoms with van der Waals surface area (Å²) in [5, 5.41) is 5.61. The molecule has 0 saturated heterocycles. The molecule has 1 fully saturated rings. The molecule has 0 aromatic heterocycles. The molecule has 0 radical (unpaired) electrons. The van der Waals surface area contributed by atoms with Crippen LogP contribution < -0.4 is 16.4 Å². The molecule has 1 aliphatic rings. The lowest BCUT2D eigenvalue weighted by Gasteiger charge is -2.37. The molecule has 0 aliphatic heterocycles. The van der Waals surface area contributed by atoms with Crippen LogP contribution in [0.4, 0.5) is 11.4 Å². The Kier molecular flexibility index (Phi) is 4.63. The van der Waals surface area contributed by atoms with E-state index in [4.69, 9.17) is 5.73 Å². The number of carbonyl (C=O) groups is 2. The Hall–Kier alpha value is -1.88. The molecule has 2 amide bonds. The summed E-state index contributed by atoms with van der Waals surface area (Å²) in [5.74, 6) is -0.291. The number of benzene rings is 1. The second-order valence-electron chi connectivity index (χ2n) is 6.05. The van der Waals surface area contributed by atoms with Crippen LogP contribution in [0.15, 0.2) is 24.3 Å². The molecule has 2 rings (SSSR count). The van der Waals surface area contributed by atoms with E-state index in [9.17, 15) is 9.59 Å². The molecule has 1 aromatic rings. The van der Waals surface area contributed by atoms with Crippen molar-refractivity contribution in [3.05, 3.63) is 24.3 Å². The maximum atomic E-state index is 12.4. The van der Waals surface area contributed by atoms with E-state index in [1.54, 1.807) is 24.3 Å². The van der Waals surface area contributed by atoms with E-state index in [1.165, 1.54) is 6.92 Å². The molecular weight excluding hydrogens is 266 g/mol. The smallest absolute Gasteiger partial charge is 0.229 e. The highest BCUT2D eigenvalue weighted by atomic mass is 16.2. The molecule has 0 bridgehead atoms. The molecule has 2 unspecified atom stereocenters. The van der Waals surface area contributed by atoms with E-state index in [0.29, 0.717) is 5.69 Å². The van der Waals surface area contributed by atoms with Crippen molar-refractivity contribution >= 4 is 23.2 Å². The third kappa shape index (κ3) is 4.04. The van der Waals surface area contributed by atoms with Crippen LogP contribution in [-0.2, 0) is 9.59 Å². The van der Waals surface area contributed by atoms with Crippen molar-refractivity contribution < 1.29 is 9.59 Å². The number of hydrogen-bond donors (Lipinski definition) is 3. The highest BCUT2D eigenvalue weighted by molar-refractivity contribution is 5.94. The molecule has 5 nitrogen and oxygen atoms in total. The zero-order valence-electron chi connectivity index (χ0n) is 12.6. The van der Waals surface area contributed by atoms with E-state index in [1.807, 2.05) is 6.92 Å². The molecule has 1 aliphatic carbocycles. The van der Waals surface area contributed by atoms with Crippen molar-refractivity contribution in [3.63, 3.8) is 0 Å². The van der Waals surface area contributed by atoms with Gasteiger partial charge in [0.25, 0.3) is 0 Å². The Morgan fingerprint density at radius 2 is 1.71 bits per heavy atom. The summed E-state index contributed by atoms with van der Waals surface area (Å²) in [6.45, 7) is 3.41. The maximum Gasteiger partial charge on any atom is 0.229 e. The molecule has 4 N–H and O–H groups in total. The molecule has 2 atom stereocenters. The third-order valence-electron chi connectivity index (χ3n) is 4.04. The minimum Gasteiger partial charge on any atom is -0.326 e. The van der Waals surface area contributed by atoms with Crippen LogP contribution in [0.25, 0.3) is 0 Å². The topological polar surface area (TPSA) is 84.2 Å². The standard InChI is InChI=1S/C16H23N3O2/c1-11(20)18-12-6-8-13(9-7-12)19-15(21)14-5-3-4-10-16(14,2)17/h6-9,14H,3-5,10,17H2,1-2H3,(H,18,20)(H,19,21). The van der Waals surface area contributed by atoms with E-state index < -0.39 is 5.54 Å². The van der Waals surface area contributed by atoms with Gasteiger partial charge in [-0.2, -0.15) is 0 Å². The first kappa shape index (κ1) is 15.5. The molecule has 5 heteroatoms. The summed E-state index contributed by atoms with van der Waals surface area (Å²) in [4.78, 5) is 23.3. The van der Waals surface area contributed by atoms with Crippen LogP contribution in [0, 0.1) is 5.92 Å². The van der Waals surface area contributed by atoms with Gasteiger partial charge in [0, 0.05) is 23.8 Å². The summed E-state index contributed by atoms with van der Waals surface area (Å²) in [7, 11) is 0. The average Bonchev–Trinajstić information content (AvgIpc) is 2.39. The van der Waals surface area contributed by atoms with Crippen molar-refractivity contribution in [2.24, 2.45) is 11.7 Å². The van der Waals surface area contributed by atoms with Gasteiger partial charge < -0.3 is 16.4 Å². The zero-order valence-corrected chi connectivity index (χ0v) is 12.6. The van der Waals surface area contributed by atoms with E-state index >= 15 is 0 Å². The Morgan fingerprint density at radius 3 is 2.24 bits per heavy atom. The number of carbonyl (C=O) groups excluding carboxylic acids is 2. The van der Waals surface area contributed by atoms with Crippen molar-refractivity contribution in [1.29, 1.82) is 0 Å². The summed E-state index contributed by atoms with van der Waals surface area (Å²) < 4.78 is 0. The quantitative estimate of drug-likeness (QED) is 0.799. The van der Waals surface area contributed by atoms with Crippen LogP contribution in [0.1, 0.15) is 39.5 Å². The molecule has 0 spiro atoms. The lowest BCUT2D eigenvalue weighted by molar-refractivity contribution is -0.122. The first-order valence-electron chi connectivity index (χ1n) is 7.36. The predicted molar refractivity (Wildman–Crippen MR) is 83.9 cm³/mol. The second kappa shape index (κ2) is 6.26. The van der Waals surface area contributed by atoms with Gasteiger partial charge >= 0.3 is 0 Å². The first-order valence-corrected chi connectivity index (χ1v) is 7.36. The number of rotatable bonds is 3. The summed E-state index contributed by atoms with van der Waals surface area (Å²) >= 11 is 0. The molecule has 0 heterocycles. The SMILES string of the molecule is CC(=O)Nc1ccc(NC(=O)C2CCCCC2(C)N)cc1. The lowest BCUT2D eigenvalue weighted by Crippen LogP contribution is -2.51. The largest absolute Gasteiger partial charge is 0.326 e. The van der Waals surface area contributed by atoms with Gasteiger partial charge in [-0.1, -0.05) is 12.8 Å². The van der Waals surface area contributed by atoms with Gasteiger partial charge in [0.05, 0.1) is 5.92 Å². The predicted octanol–water partition coefficient (Wildman–Crippen LogP) is 2.49. The Balaban J connectivity index is 2.00. The summed E-state index contributed by atoms with van der Waals surface area (Å²) in [6, 6.07) is 7.08. The maximum absolute atomic E-state index is 12.4. The summed E-state index contributed by atoms with van der Waals surface area (Å²) in [6.07, 6.45) is 3.85. The molecule has 114 valence electrons. The molecule has 21 heavy (non-hydrogen) atoms. The summed E-state index contributed by atoms with van der Waals surface area (Å²) in [5.41, 5.74) is 7.24. The number of nitrogens with one attached hydrogen (secondary N) is 2. The molecule has 1 aromatic carbocycles. The average molecular weight is 289 g/mol. The van der Waals surface area contributed by atoms with Crippen LogP contribution >= 0.6 is 0 Å². The van der Waals surface area contributed by atoms with Gasteiger partial charge in [-0.15, -0.1) is 0 Å². The second-order valence-corrected chi connectivity index (χ2v) is 6.05. The Bertz CT molecular complexity index is 523. The number of anilines is 2. The van der Waals surface area contributed by atoms with Gasteiger partial charge in [-0.3, -0.25) is 9.59 Å². The van der Waals surface area contributed by atoms with E-state index in [-0.39, 0.29) is 17.7 Å². The monoisotopic (exact) mass is 289 g/mol. The van der Waals surface area contributed by atoms with Crippen LogP contribution in [-0.4, -0.2) is 17.4 Å². The van der Waals surface area contributed by atoms with Gasteiger partial charge in [-0.05, 0) is 44.0 Å². The lowest BCUT2D eigenvalue weighted by atomic mass is 9.74. The van der Waals surface area contributed by atoms with E-state index in [0.717, 1.165) is 31.4 Å². The zero-order chi connectivity index (χ0) is 15.5. The third-order valence-corrected chi connectivity index (χ3v) is 4.04. The van der Waals surface area contributed by atoms with Gasteiger partial charge in [0.2, 0.25) is 11.8 Å². The fraction of sp³-hybridized carbons (Fsp3) is 0.500. The fourth-order valence-corrected chi connectivity index (χ4v) is 2.86. The van der Waals surface area contributed by atoms with Gasteiger partial charge in [0.1, 0.15) is 0 Å². The number of amides is 2. The van der Waals surface area contributed by atoms with Crippen molar-refractivity contribution in [3.8, 4) is 0 Å². The van der Waals surface area contributed by atoms with E-state index in [2.05, 4.69) is 10.6 Å². The first-order chi connectivity index (χ1) is 9.88. The van der Waals surface area contributed by atoms with Crippen molar-refractivity contribution in [2.45, 2.75) is 45.1 Å². The normalized spacial score (nSPS) is 25.2. The number of nitrogens with two attached hydrogens (primary N) is 1. The Morgan fingerprint density at radius 1 is 1.14 bits per heavy atom. The van der Waals surface area contributed by atoms with Gasteiger partial charge in [0.15, 0.2) is 0 Å². The van der Waals surface area contributed by atoms with Crippen LogP contribution in [0.2, 0.25) is 0 Å². The Labute approximate surface area is 125 Å². The van der Waals surface area contributed by atoms with Crippen molar-refractivity contribution in [1.82, 2.24) is 0 Å². The number of hydrogen-bond acceptors (Lipinski definition) is 3.